The molecule has 1 heterocycles. The van der Waals surface area contributed by atoms with E-state index in [1.165, 1.54) is 5.56 Å². The molecule has 2 rings (SSSR count). The Labute approximate surface area is 111 Å². The molecule has 0 saturated heterocycles. The Bertz CT molecular complexity index is 483. The minimum atomic E-state index is 0.503. The highest BCUT2D eigenvalue weighted by Gasteiger charge is 2.03. The van der Waals surface area contributed by atoms with Gasteiger partial charge in [0, 0.05) is 17.9 Å². The van der Waals surface area contributed by atoms with Crippen molar-refractivity contribution in [3.05, 3.63) is 53.5 Å². The summed E-state index contributed by atoms with van der Waals surface area (Å²) in [5.41, 5.74) is 7.92. The van der Waals surface area contributed by atoms with Crippen LogP contribution < -0.4 is 10.5 Å². The fourth-order valence-electron chi connectivity index (χ4n) is 1.71. The van der Waals surface area contributed by atoms with E-state index >= 15 is 0 Å². The zero-order valence-electron chi connectivity index (χ0n) is 10.4. The van der Waals surface area contributed by atoms with Crippen molar-refractivity contribution in [2.45, 2.75) is 18.1 Å². The van der Waals surface area contributed by atoms with E-state index in [9.17, 15) is 0 Å². The van der Waals surface area contributed by atoms with Gasteiger partial charge in [0.1, 0.15) is 11.5 Å². The molecule has 2 aromatic rings. The fourth-order valence-corrected chi connectivity index (χ4v) is 2.59. The van der Waals surface area contributed by atoms with Crippen molar-refractivity contribution in [3.63, 3.8) is 0 Å². The summed E-state index contributed by atoms with van der Waals surface area (Å²) in [5.74, 6) is 3.69. The third kappa shape index (κ3) is 3.31. The van der Waals surface area contributed by atoms with Crippen LogP contribution in [-0.4, -0.2) is 7.11 Å². The average Bonchev–Trinajstić information content (AvgIpc) is 2.91. The van der Waals surface area contributed by atoms with Gasteiger partial charge in [-0.25, -0.2) is 0 Å². The molecule has 1 aromatic heterocycles. The largest absolute Gasteiger partial charge is 0.496 e. The lowest BCUT2D eigenvalue weighted by Crippen LogP contribution is -2.00. The molecule has 18 heavy (non-hydrogen) atoms. The number of furan rings is 1. The monoisotopic (exact) mass is 263 g/mol. The normalized spacial score (nSPS) is 10.6. The molecule has 1 aromatic carbocycles. The lowest BCUT2D eigenvalue weighted by atomic mass is 10.1. The SMILES string of the molecule is COc1cc(CSCc2ccco2)ccc1CN. The van der Waals surface area contributed by atoms with Crippen LogP contribution in [0.4, 0.5) is 0 Å². The summed E-state index contributed by atoms with van der Waals surface area (Å²) in [6, 6.07) is 10.1. The minimum absolute atomic E-state index is 0.503. The van der Waals surface area contributed by atoms with Gasteiger partial charge in [-0.15, -0.1) is 11.8 Å². The Balaban J connectivity index is 1.93. The first-order valence-electron chi connectivity index (χ1n) is 5.79. The van der Waals surface area contributed by atoms with E-state index < -0.39 is 0 Å². The van der Waals surface area contributed by atoms with Crippen molar-refractivity contribution in [1.82, 2.24) is 0 Å². The van der Waals surface area contributed by atoms with Crippen molar-refractivity contribution >= 4 is 11.8 Å². The van der Waals surface area contributed by atoms with Gasteiger partial charge in [-0.1, -0.05) is 12.1 Å². The summed E-state index contributed by atoms with van der Waals surface area (Å²) in [7, 11) is 1.67. The molecule has 2 N–H and O–H groups in total. The molecule has 0 aliphatic carbocycles. The van der Waals surface area contributed by atoms with E-state index in [4.69, 9.17) is 14.9 Å². The van der Waals surface area contributed by atoms with Crippen molar-refractivity contribution in [1.29, 1.82) is 0 Å². The molecule has 3 nitrogen and oxygen atoms in total. The Hall–Kier alpha value is -1.39. The smallest absolute Gasteiger partial charge is 0.123 e. The van der Waals surface area contributed by atoms with Crippen LogP contribution in [0.25, 0.3) is 0 Å². The van der Waals surface area contributed by atoms with Crippen LogP contribution in [0.5, 0.6) is 5.75 Å². The van der Waals surface area contributed by atoms with Crippen molar-refractivity contribution in [2.24, 2.45) is 5.73 Å². The van der Waals surface area contributed by atoms with Gasteiger partial charge in [0.25, 0.3) is 0 Å². The average molecular weight is 263 g/mol. The third-order valence-electron chi connectivity index (χ3n) is 2.66. The zero-order chi connectivity index (χ0) is 12.8. The van der Waals surface area contributed by atoms with Crippen LogP contribution in [0.15, 0.2) is 41.0 Å². The predicted molar refractivity (Wildman–Crippen MR) is 74.6 cm³/mol. The fraction of sp³-hybridized carbons (Fsp3) is 0.286. The van der Waals surface area contributed by atoms with Gasteiger partial charge < -0.3 is 14.9 Å². The standard InChI is InChI=1S/C14H17NO2S/c1-16-14-7-11(4-5-12(14)8-15)9-18-10-13-3-2-6-17-13/h2-7H,8-10,15H2,1H3. The van der Waals surface area contributed by atoms with Gasteiger partial charge >= 0.3 is 0 Å². The number of thioether (sulfide) groups is 1. The second kappa shape index (κ2) is 6.52. The number of hydrogen-bond donors (Lipinski definition) is 1. The van der Waals surface area contributed by atoms with Gasteiger partial charge in [-0.2, -0.15) is 0 Å². The Kier molecular flexibility index (Phi) is 4.73. The molecule has 0 bridgehead atoms. The molecule has 0 aliphatic rings. The van der Waals surface area contributed by atoms with Gasteiger partial charge in [0.2, 0.25) is 0 Å². The first-order valence-corrected chi connectivity index (χ1v) is 6.95. The first kappa shape index (κ1) is 13.1. The van der Waals surface area contributed by atoms with Crippen LogP contribution in [0.1, 0.15) is 16.9 Å². The lowest BCUT2D eigenvalue weighted by Gasteiger charge is -2.08. The van der Waals surface area contributed by atoms with Crippen molar-refractivity contribution < 1.29 is 9.15 Å². The second-order valence-corrected chi connectivity index (χ2v) is 4.91. The molecule has 96 valence electrons. The summed E-state index contributed by atoms with van der Waals surface area (Å²) in [4.78, 5) is 0. The summed E-state index contributed by atoms with van der Waals surface area (Å²) in [5, 5.41) is 0. The molecular formula is C14H17NO2S. The highest BCUT2D eigenvalue weighted by Crippen LogP contribution is 2.24. The predicted octanol–water partition coefficient (Wildman–Crippen LogP) is 3.18. The Morgan fingerprint density at radius 3 is 2.83 bits per heavy atom. The number of hydrogen-bond acceptors (Lipinski definition) is 4. The maximum atomic E-state index is 5.64. The van der Waals surface area contributed by atoms with Gasteiger partial charge in [0.15, 0.2) is 0 Å². The summed E-state index contributed by atoms with van der Waals surface area (Å²) in [6.45, 7) is 0.503. The van der Waals surface area contributed by atoms with Crippen LogP contribution in [0.3, 0.4) is 0 Å². The van der Waals surface area contributed by atoms with Crippen molar-refractivity contribution in [3.8, 4) is 5.75 Å². The zero-order valence-corrected chi connectivity index (χ0v) is 11.2. The number of nitrogens with two attached hydrogens (primary N) is 1. The van der Waals surface area contributed by atoms with E-state index in [0.29, 0.717) is 6.54 Å². The minimum Gasteiger partial charge on any atom is -0.496 e. The van der Waals surface area contributed by atoms with Crippen molar-refractivity contribution in [2.75, 3.05) is 7.11 Å². The second-order valence-electron chi connectivity index (χ2n) is 3.92. The highest BCUT2D eigenvalue weighted by atomic mass is 32.2. The molecule has 0 saturated carbocycles. The molecule has 0 fully saturated rings. The summed E-state index contributed by atoms with van der Waals surface area (Å²) < 4.78 is 10.6. The number of benzene rings is 1. The maximum Gasteiger partial charge on any atom is 0.123 e. The number of ether oxygens (including phenoxy) is 1. The number of rotatable bonds is 6. The Morgan fingerprint density at radius 2 is 2.17 bits per heavy atom. The van der Waals surface area contributed by atoms with E-state index in [1.807, 2.05) is 30.0 Å². The molecule has 0 atom stereocenters. The van der Waals surface area contributed by atoms with E-state index in [2.05, 4.69) is 12.1 Å². The molecular weight excluding hydrogens is 246 g/mol. The topological polar surface area (TPSA) is 48.4 Å². The highest BCUT2D eigenvalue weighted by molar-refractivity contribution is 7.97. The van der Waals surface area contributed by atoms with E-state index in [-0.39, 0.29) is 0 Å². The quantitative estimate of drug-likeness (QED) is 0.869. The molecule has 0 amide bonds. The lowest BCUT2D eigenvalue weighted by molar-refractivity contribution is 0.409. The maximum absolute atomic E-state index is 5.64. The number of methoxy groups -OCH3 is 1. The Morgan fingerprint density at radius 1 is 1.28 bits per heavy atom. The van der Waals surface area contributed by atoms with E-state index in [1.54, 1.807) is 13.4 Å². The molecule has 0 spiro atoms. The van der Waals surface area contributed by atoms with Crippen LogP contribution in [0, 0.1) is 0 Å². The van der Waals surface area contributed by atoms with Gasteiger partial charge in [0.05, 0.1) is 19.1 Å². The van der Waals surface area contributed by atoms with Crippen LogP contribution >= 0.6 is 11.8 Å². The first-order chi connectivity index (χ1) is 8.83. The third-order valence-corrected chi connectivity index (χ3v) is 3.69. The van der Waals surface area contributed by atoms with E-state index in [0.717, 1.165) is 28.6 Å². The summed E-state index contributed by atoms with van der Waals surface area (Å²) in [6.07, 6.45) is 1.70. The van der Waals surface area contributed by atoms with Crippen LogP contribution in [-0.2, 0) is 18.1 Å². The van der Waals surface area contributed by atoms with Gasteiger partial charge in [-0.3, -0.25) is 0 Å². The molecule has 0 unspecified atom stereocenters. The summed E-state index contributed by atoms with van der Waals surface area (Å²) >= 11 is 1.82. The molecule has 0 aliphatic heterocycles. The van der Waals surface area contributed by atoms with Gasteiger partial charge in [-0.05, 0) is 23.8 Å². The molecule has 4 heteroatoms. The van der Waals surface area contributed by atoms with Crippen LogP contribution in [0.2, 0.25) is 0 Å². The molecule has 0 radical (unpaired) electrons.